The molecule has 0 bridgehead atoms. The highest BCUT2D eigenvalue weighted by Crippen LogP contribution is 2.17. The average Bonchev–Trinajstić information content (AvgIpc) is 2.41. The van der Waals surface area contributed by atoms with Crippen molar-refractivity contribution >= 4 is 23.2 Å². The van der Waals surface area contributed by atoms with E-state index in [0.717, 1.165) is 5.56 Å². The van der Waals surface area contributed by atoms with E-state index in [0.29, 0.717) is 22.9 Å². The van der Waals surface area contributed by atoms with Crippen molar-refractivity contribution in [2.45, 2.75) is 6.54 Å². The Bertz CT molecular complexity index is 583. The predicted molar refractivity (Wildman–Crippen MR) is 75.9 cm³/mol. The fourth-order valence-electron chi connectivity index (χ4n) is 1.68. The third-order valence-corrected chi connectivity index (χ3v) is 3.09. The molecule has 98 valence electrons. The highest BCUT2D eigenvalue weighted by Gasteiger charge is 2.14. The van der Waals surface area contributed by atoms with Crippen LogP contribution >= 0.6 is 11.6 Å². The first kappa shape index (κ1) is 13.4. The molecule has 0 radical (unpaired) electrons. The van der Waals surface area contributed by atoms with Gasteiger partial charge in [0.15, 0.2) is 0 Å². The van der Waals surface area contributed by atoms with Gasteiger partial charge in [0, 0.05) is 18.6 Å². The lowest BCUT2D eigenvalue weighted by Gasteiger charge is -2.17. The second kappa shape index (κ2) is 5.71. The number of amides is 1. The number of benzene rings is 1. The number of anilines is 1. The van der Waals surface area contributed by atoms with E-state index in [-0.39, 0.29) is 5.91 Å². The van der Waals surface area contributed by atoms with Crippen LogP contribution in [0.1, 0.15) is 16.1 Å². The van der Waals surface area contributed by atoms with Crippen LogP contribution in [-0.2, 0) is 6.54 Å². The van der Waals surface area contributed by atoms with Gasteiger partial charge in [0.05, 0.1) is 11.9 Å². The van der Waals surface area contributed by atoms with Crippen molar-refractivity contribution in [3.63, 3.8) is 0 Å². The normalized spacial score (nSPS) is 10.2. The van der Waals surface area contributed by atoms with Gasteiger partial charge < -0.3 is 10.6 Å². The number of pyridine rings is 1. The molecule has 5 heteroatoms. The van der Waals surface area contributed by atoms with E-state index in [2.05, 4.69) is 4.98 Å². The first-order valence-corrected chi connectivity index (χ1v) is 6.16. The van der Waals surface area contributed by atoms with Crippen molar-refractivity contribution in [3.05, 3.63) is 58.9 Å². The van der Waals surface area contributed by atoms with Crippen molar-refractivity contribution in [3.8, 4) is 0 Å². The standard InChI is InChI=1S/C14H14ClN3O/c1-18(9-10-4-2-3-5-12(10)15)14(19)13-7-6-11(16)8-17-13/h2-8H,9,16H2,1H3. The molecule has 0 unspecified atom stereocenters. The number of hydrogen-bond donors (Lipinski definition) is 1. The Balaban J connectivity index is 2.12. The van der Waals surface area contributed by atoms with Gasteiger partial charge in [-0.05, 0) is 23.8 Å². The maximum Gasteiger partial charge on any atom is 0.272 e. The van der Waals surface area contributed by atoms with Crippen LogP contribution in [0.4, 0.5) is 5.69 Å². The number of carbonyl (C=O) groups excluding carboxylic acids is 1. The van der Waals surface area contributed by atoms with Gasteiger partial charge in [-0.25, -0.2) is 4.98 Å². The van der Waals surface area contributed by atoms with E-state index in [1.54, 1.807) is 30.1 Å². The molecule has 0 spiro atoms. The summed E-state index contributed by atoms with van der Waals surface area (Å²) in [7, 11) is 1.71. The first-order valence-electron chi connectivity index (χ1n) is 5.78. The van der Waals surface area contributed by atoms with Crippen molar-refractivity contribution < 1.29 is 4.79 Å². The van der Waals surface area contributed by atoms with E-state index in [1.165, 1.54) is 6.20 Å². The Labute approximate surface area is 116 Å². The minimum Gasteiger partial charge on any atom is -0.397 e. The van der Waals surface area contributed by atoms with Gasteiger partial charge in [0.1, 0.15) is 5.69 Å². The lowest BCUT2D eigenvalue weighted by molar-refractivity contribution is 0.0779. The number of nitrogens with zero attached hydrogens (tertiary/aromatic N) is 2. The van der Waals surface area contributed by atoms with Crippen LogP contribution in [0.25, 0.3) is 0 Å². The smallest absolute Gasteiger partial charge is 0.272 e. The summed E-state index contributed by atoms with van der Waals surface area (Å²) in [6, 6.07) is 10.7. The summed E-state index contributed by atoms with van der Waals surface area (Å²) in [5, 5.41) is 0.646. The summed E-state index contributed by atoms with van der Waals surface area (Å²) >= 11 is 6.07. The monoisotopic (exact) mass is 275 g/mol. The number of rotatable bonds is 3. The van der Waals surface area contributed by atoms with Gasteiger partial charge in [0.25, 0.3) is 5.91 Å². The molecular weight excluding hydrogens is 262 g/mol. The maximum absolute atomic E-state index is 12.2. The third kappa shape index (κ3) is 3.23. The summed E-state index contributed by atoms with van der Waals surface area (Å²) < 4.78 is 0. The Morgan fingerprint density at radius 3 is 2.68 bits per heavy atom. The summed E-state index contributed by atoms with van der Waals surface area (Å²) in [6.45, 7) is 0.435. The maximum atomic E-state index is 12.2. The van der Waals surface area contributed by atoms with Crippen LogP contribution in [0.5, 0.6) is 0 Å². The summed E-state index contributed by atoms with van der Waals surface area (Å²) in [4.78, 5) is 17.7. The van der Waals surface area contributed by atoms with Crippen LogP contribution in [0.3, 0.4) is 0 Å². The van der Waals surface area contributed by atoms with E-state index in [4.69, 9.17) is 17.3 Å². The lowest BCUT2D eigenvalue weighted by atomic mass is 10.2. The zero-order valence-electron chi connectivity index (χ0n) is 10.5. The van der Waals surface area contributed by atoms with Crippen molar-refractivity contribution in [2.24, 2.45) is 0 Å². The number of carbonyl (C=O) groups is 1. The van der Waals surface area contributed by atoms with Crippen LogP contribution in [0.2, 0.25) is 5.02 Å². The quantitative estimate of drug-likeness (QED) is 0.937. The van der Waals surface area contributed by atoms with E-state index in [1.807, 2.05) is 18.2 Å². The topological polar surface area (TPSA) is 59.2 Å². The fourth-order valence-corrected chi connectivity index (χ4v) is 1.88. The molecule has 2 rings (SSSR count). The van der Waals surface area contributed by atoms with Gasteiger partial charge in [-0.1, -0.05) is 29.8 Å². The van der Waals surface area contributed by atoms with E-state index in [9.17, 15) is 4.79 Å². The Morgan fingerprint density at radius 1 is 1.32 bits per heavy atom. The van der Waals surface area contributed by atoms with Gasteiger partial charge in [0.2, 0.25) is 0 Å². The van der Waals surface area contributed by atoms with E-state index >= 15 is 0 Å². The minimum atomic E-state index is -0.167. The van der Waals surface area contributed by atoms with Gasteiger partial charge in [-0.2, -0.15) is 0 Å². The Hall–Kier alpha value is -2.07. The minimum absolute atomic E-state index is 0.167. The average molecular weight is 276 g/mol. The molecule has 0 saturated heterocycles. The van der Waals surface area contributed by atoms with Gasteiger partial charge in [-0.3, -0.25) is 4.79 Å². The van der Waals surface area contributed by atoms with Crippen molar-refractivity contribution in [1.82, 2.24) is 9.88 Å². The third-order valence-electron chi connectivity index (χ3n) is 2.72. The van der Waals surface area contributed by atoms with Gasteiger partial charge >= 0.3 is 0 Å². The summed E-state index contributed by atoms with van der Waals surface area (Å²) in [5.74, 6) is -0.167. The zero-order chi connectivity index (χ0) is 13.8. The second-order valence-electron chi connectivity index (χ2n) is 4.23. The summed E-state index contributed by atoms with van der Waals surface area (Å²) in [5.41, 5.74) is 7.34. The molecule has 0 aliphatic carbocycles. The number of halogens is 1. The van der Waals surface area contributed by atoms with Gasteiger partial charge in [-0.15, -0.1) is 0 Å². The molecule has 1 amide bonds. The van der Waals surface area contributed by atoms with Crippen LogP contribution in [-0.4, -0.2) is 22.8 Å². The Morgan fingerprint density at radius 2 is 2.05 bits per heavy atom. The predicted octanol–water partition coefficient (Wildman–Crippen LogP) is 2.59. The molecule has 1 heterocycles. The Kier molecular flexibility index (Phi) is 4.02. The number of nitrogens with two attached hydrogens (primary N) is 1. The highest BCUT2D eigenvalue weighted by atomic mass is 35.5. The zero-order valence-corrected chi connectivity index (χ0v) is 11.3. The molecule has 4 nitrogen and oxygen atoms in total. The molecule has 1 aromatic heterocycles. The molecule has 0 fully saturated rings. The van der Waals surface area contributed by atoms with Crippen LogP contribution in [0.15, 0.2) is 42.6 Å². The largest absolute Gasteiger partial charge is 0.397 e. The summed E-state index contributed by atoms with van der Waals surface area (Å²) in [6.07, 6.45) is 1.47. The number of nitrogen functional groups attached to an aromatic ring is 1. The SMILES string of the molecule is CN(Cc1ccccc1Cl)C(=O)c1ccc(N)cn1. The molecule has 0 aliphatic rings. The molecule has 19 heavy (non-hydrogen) atoms. The molecule has 0 aliphatic heterocycles. The number of aromatic nitrogens is 1. The molecule has 1 aromatic carbocycles. The number of hydrogen-bond acceptors (Lipinski definition) is 3. The first-order chi connectivity index (χ1) is 9.08. The molecule has 2 N–H and O–H groups in total. The van der Waals surface area contributed by atoms with Crippen LogP contribution in [0, 0.1) is 0 Å². The molecule has 0 saturated carbocycles. The highest BCUT2D eigenvalue weighted by molar-refractivity contribution is 6.31. The fraction of sp³-hybridized carbons (Fsp3) is 0.143. The molecule has 2 aromatic rings. The van der Waals surface area contributed by atoms with Crippen molar-refractivity contribution in [1.29, 1.82) is 0 Å². The molecular formula is C14H14ClN3O. The van der Waals surface area contributed by atoms with Crippen molar-refractivity contribution in [2.75, 3.05) is 12.8 Å². The lowest BCUT2D eigenvalue weighted by Crippen LogP contribution is -2.27. The molecule has 0 atom stereocenters. The second-order valence-corrected chi connectivity index (χ2v) is 4.64. The van der Waals surface area contributed by atoms with E-state index < -0.39 is 0 Å². The van der Waals surface area contributed by atoms with Crippen LogP contribution < -0.4 is 5.73 Å².